The molecule has 1 saturated carbocycles. The van der Waals surface area contributed by atoms with E-state index in [0.717, 1.165) is 38.3 Å². The van der Waals surface area contributed by atoms with Gasteiger partial charge in [0.25, 0.3) is 0 Å². The molecule has 1 aliphatic carbocycles. The van der Waals surface area contributed by atoms with Crippen molar-refractivity contribution in [2.24, 2.45) is 11.8 Å². The molecule has 80 valence electrons. The molecule has 2 heteroatoms. The highest BCUT2D eigenvalue weighted by Crippen LogP contribution is 2.31. The summed E-state index contributed by atoms with van der Waals surface area (Å²) in [4.78, 5) is 11.9. The molecule has 1 N–H and O–H groups in total. The van der Waals surface area contributed by atoms with Crippen LogP contribution in [0.25, 0.3) is 0 Å². The standard InChI is InChI=1S/C12H21NO/c14-12(9-10-3-1-4-10)11-5-2-7-13-8-6-11/h10-11,13H,1-9H2. The Labute approximate surface area is 86.5 Å². The predicted octanol–water partition coefficient (Wildman–Crippen LogP) is 2.14. The van der Waals surface area contributed by atoms with Gasteiger partial charge in [-0.1, -0.05) is 19.3 Å². The van der Waals surface area contributed by atoms with E-state index in [1.54, 1.807) is 0 Å². The highest BCUT2D eigenvalue weighted by atomic mass is 16.1. The quantitative estimate of drug-likeness (QED) is 0.747. The zero-order valence-electron chi connectivity index (χ0n) is 8.93. The van der Waals surface area contributed by atoms with E-state index in [1.807, 2.05) is 0 Å². The van der Waals surface area contributed by atoms with Gasteiger partial charge >= 0.3 is 0 Å². The van der Waals surface area contributed by atoms with E-state index in [9.17, 15) is 4.79 Å². The lowest BCUT2D eigenvalue weighted by molar-refractivity contribution is -0.124. The van der Waals surface area contributed by atoms with E-state index in [2.05, 4.69) is 5.32 Å². The summed E-state index contributed by atoms with van der Waals surface area (Å²) in [5.74, 6) is 1.68. The summed E-state index contributed by atoms with van der Waals surface area (Å²) >= 11 is 0. The molecule has 2 nitrogen and oxygen atoms in total. The van der Waals surface area contributed by atoms with Gasteiger partial charge in [0, 0.05) is 12.3 Å². The van der Waals surface area contributed by atoms with E-state index in [4.69, 9.17) is 0 Å². The topological polar surface area (TPSA) is 29.1 Å². The van der Waals surface area contributed by atoms with Gasteiger partial charge < -0.3 is 5.32 Å². The SMILES string of the molecule is O=C(CC1CCC1)C1CCCNCC1. The Hall–Kier alpha value is -0.370. The Bertz CT molecular complexity index is 190. The lowest BCUT2D eigenvalue weighted by atomic mass is 9.79. The maximum absolute atomic E-state index is 11.9. The summed E-state index contributed by atoms with van der Waals surface area (Å²) in [5.41, 5.74) is 0. The molecule has 0 radical (unpaired) electrons. The molecule has 2 rings (SSSR count). The fraction of sp³-hybridized carbons (Fsp3) is 0.917. The van der Waals surface area contributed by atoms with Gasteiger partial charge in [0.1, 0.15) is 5.78 Å². The van der Waals surface area contributed by atoms with Crippen molar-refractivity contribution in [3.63, 3.8) is 0 Å². The molecular formula is C12H21NO. The van der Waals surface area contributed by atoms with Crippen molar-refractivity contribution < 1.29 is 4.79 Å². The van der Waals surface area contributed by atoms with Crippen molar-refractivity contribution in [3.05, 3.63) is 0 Å². The van der Waals surface area contributed by atoms with Gasteiger partial charge in [-0.3, -0.25) is 4.79 Å². The lowest BCUT2D eigenvalue weighted by Crippen LogP contribution is -2.22. The van der Waals surface area contributed by atoms with Gasteiger partial charge in [0.2, 0.25) is 0 Å². The second-order valence-corrected chi connectivity index (χ2v) is 4.85. The molecule has 0 bridgehead atoms. The summed E-state index contributed by atoms with van der Waals surface area (Å²) in [6, 6.07) is 0. The zero-order chi connectivity index (χ0) is 9.80. The lowest BCUT2D eigenvalue weighted by Gasteiger charge is -2.26. The Morgan fingerprint density at radius 3 is 2.64 bits per heavy atom. The van der Waals surface area contributed by atoms with E-state index in [1.165, 1.54) is 25.7 Å². The van der Waals surface area contributed by atoms with Gasteiger partial charge in [0.15, 0.2) is 0 Å². The normalized spacial score (nSPS) is 29.3. The summed E-state index contributed by atoms with van der Waals surface area (Å²) in [5, 5.41) is 3.36. The van der Waals surface area contributed by atoms with Gasteiger partial charge in [-0.05, 0) is 38.3 Å². The van der Waals surface area contributed by atoms with Crippen molar-refractivity contribution in [2.45, 2.75) is 44.9 Å². The summed E-state index contributed by atoms with van der Waals surface area (Å²) < 4.78 is 0. The molecule has 1 heterocycles. The monoisotopic (exact) mass is 195 g/mol. The van der Waals surface area contributed by atoms with Crippen LogP contribution in [0.5, 0.6) is 0 Å². The van der Waals surface area contributed by atoms with Gasteiger partial charge in [0.05, 0.1) is 0 Å². The highest BCUT2D eigenvalue weighted by Gasteiger charge is 2.25. The second-order valence-electron chi connectivity index (χ2n) is 4.85. The van der Waals surface area contributed by atoms with Gasteiger partial charge in [-0.2, -0.15) is 0 Å². The van der Waals surface area contributed by atoms with E-state index < -0.39 is 0 Å². The first-order valence-electron chi connectivity index (χ1n) is 6.09. The maximum Gasteiger partial charge on any atom is 0.136 e. The molecule has 1 atom stereocenters. The van der Waals surface area contributed by atoms with Crippen LogP contribution in [-0.4, -0.2) is 18.9 Å². The minimum Gasteiger partial charge on any atom is -0.317 e. The Kier molecular flexibility index (Phi) is 3.57. The van der Waals surface area contributed by atoms with Crippen LogP contribution in [0.15, 0.2) is 0 Å². The van der Waals surface area contributed by atoms with Crippen LogP contribution in [0.2, 0.25) is 0 Å². The maximum atomic E-state index is 11.9. The van der Waals surface area contributed by atoms with Crippen LogP contribution in [0, 0.1) is 11.8 Å². The molecule has 1 unspecified atom stereocenters. The largest absolute Gasteiger partial charge is 0.317 e. The van der Waals surface area contributed by atoms with E-state index in [-0.39, 0.29) is 0 Å². The first-order valence-corrected chi connectivity index (χ1v) is 6.09. The molecule has 0 amide bonds. The number of Topliss-reactive ketones (excluding diaryl/α,β-unsaturated/α-hetero) is 1. The molecule has 0 aromatic carbocycles. The second kappa shape index (κ2) is 4.92. The predicted molar refractivity (Wildman–Crippen MR) is 57.2 cm³/mol. The first-order chi connectivity index (χ1) is 6.86. The molecule has 2 fully saturated rings. The van der Waals surface area contributed by atoms with Gasteiger partial charge in [-0.25, -0.2) is 0 Å². The summed E-state index contributed by atoms with van der Waals surface area (Å²) in [6.45, 7) is 2.15. The van der Waals surface area contributed by atoms with Crippen molar-refractivity contribution in [3.8, 4) is 0 Å². The smallest absolute Gasteiger partial charge is 0.136 e. The number of nitrogens with one attached hydrogen (secondary N) is 1. The molecule has 2 aliphatic rings. The van der Waals surface area contributed by atoms with Crippen LogP contribution < -0.4 is 5.32 Å². The summed E-state index contributed by atoms with van der Waals surface area (Å²) in [6.07, 6.45) is 8.22. The molecule has 0 aromatic rings. The van der Waals surface area contributed by atoms with Crippen LogP contribution in [0.1, 0.15) is 44.9 Å². The summed E-state index contributed by atoms with van der Waals surface area (Å²) in [7, 11) is 0. The number of hydrogen-bond donors (Lipinski definition) is 1. The van der Waals surface area contributed by atoms with Crippen LogP contribution in [0.4, 0.5) is 0 Å². The minimum absolute atomic E-state index is 0.380. The van der Waals surface area contributed by atoms with Crippen molar-refractivity contribution in [1.29, 1.82) is 0 Å². The molecule has 0 spiro atoms. The molecular weight excluding hydrogens is 174 g/mol. The number of carbonyl (C=O) groups is 1. The number of hydrogen-bond acceptors (Lipinski definition) is 2. The van der Waals surface area contributed by atoms with Crippen LogP contribution in [0.3, 0.4) is 0 Å². The number of ketones is 1. The van der Waals surface area contributed by atoms with Crippen LogP contribution >= 0.6 is 0 Å². The zero-order valence-corrected chi connectivity index (χ0v) is 8.93. The van der Waals surface area contributed by atoms with Crippen LogP contribution in [-0.2, 0) is 4.79 Å². The Balaban J connectivity index is 1.76. The van der Waals surface area contributed by atoms with Crippen molar-refractivity contribution in [2.75, 3.05) is 13.1 Å². The molecule has 1 saturated heterocycles. The highest BCUT2D eigenvalue weighted by molar-refractivity contribution is 5.81. The van der Waals surface area contributed by atoms with E-state index in [0.29, 0.717) is 11.7 Å². The molecule has 1 aliphatic heterocycles. The number of carbonyl (C=O) groups excluding carboxylic acids is 1. The Morgan fingerprint density at radius 2 is 1.93 bits per heavy atom. The average molecular weight is 195 g/mol. The van der Waals surface area contributed by atoms with Crippen molar-refractivity contribution >= 4 is 5.78 Å². The average Bonchev–Trinajstić information content (AvgIpc) is 2.38. The number of rotatable bonds is 3. The third-order valence-corrected chi connectivity index (χ3v) is 3.75. The third kappa shape index (κ3) is 2.57. The van der Waals surface area contributed by atoms with Crippen molar-refractivity contribution in [1.82, 2.24) is 5.32 Å². The van der Waals surface area contributed by atoms with E-state index >= 15 is 0 Å². The fourth-order valence-electron chi connectivity index (χ4n) is 2.49. The third-order valence-electron chi connectivity index (χ3n) is 3.75. The first kappa shape index (κ1) is 10.2. The Morgan fingerprint density at radius 1 is 1.07 bits per heavy atom. The molecule has 14 heavy (non-hydrogen) atoms. The van der Waals surface area contributed by atoms with Gasteiger partial charge in [-0.15, -0.1) is 0 Å². The fourth-order valence-corrected chi connectivity index (χ4v) is 2.49. The molecule has 0 aromatic heterocycles. The minimum atomic E-state index is 0.380.